The average molecular weight is 350 g/mol. The fourth-order valence-corrected chi connectivity index (χ4v) is 3.85. The van der Waals surface area contributed by atoms with Gasteiger partial charge in [0.15, 0.2) is 0 Å². The summed E-state index contributed by atoms with van der Waals surface area (Å²) in [5, 5.41) is 0. The zero-order valence-corrected chi connectivity index (χ0v) is 15.6. The summed E-state index contributed by atoms with van der Waals surface area (Å²) >= 11 is 0. The van der Waals surface area contributed by atoms with E-state index in [0.717, 1.165) is 18.9 Å². The Bertz CT molecular complexity index is 630. The van der Waals surface area contributed by atoms with Crippen molar-refractivity contribution < 1.29 is 18.9 Å². The SMILES string of the molecule is COCC[N+]1=C(CN2CCCC(C)C2)N=C2C1C(=O)N(C)C(=O)N2C. The third-order valence-electron chi connectivity index (χ3n) is 5.26. The molecule has 3 aliphatic heterocycles. The largest absolute Gasteiger partial charge is 0.381 e. The highest BCUT2D eigenvalue weighted by Crippen LogP contribution is 2.21. The molecule has 2 fully saturated rings. The van der Waals surface area contributed by atoms with Gasteiger partial charge in [-0.25, -0.2) is 9.37 Å². The summed E-state index contributed by atoms with van der Waals surface area (Å²) in [4.78, 5) is 34.7. The van der Waals surface area contributed by atoms with E-state index in [-0.39, 0.29) is 11.9 Å². The number of likely N-dealkylation sites (N-methyl/N-ethyl adjacent to an activating group) is 2. The number of nitrogens with zero attached hydrogens (tertiary/aromatic N) is 5. The maximum absolute atomic E-state index is 12.7. The lowest BCUT2D eigenvalue weighted by molar-refractivity contribution is -0.538. The van der Waals surface area contributed by atoms with Gasteiger partial charge < -0.3 is 4.74 Å². The molecule has 0 N–H and O–H groups in total. The van der Waals surface area contributed by atoms with Gasteiger partial charge in [-0.1, -0.05) is 6.92 Å². The lowest BCUT2D eigenvalue weighted by atomic mass is 10.0. The van der Waals surface area contributed by atoms with Crippen LogP contribution in [0.25, 0.3) is 0 Å². The van der Waals surface area contributed by atoms with E-state index in [2.05, 4.69) is 11.8 Å². The van der Waals surface area contributed by atoms with Gasteiger partial charge >= 0.3 is 11.9 Å². The smallest absolute Gasteiger partial charge is 0.333 e. The molecule has 25 heavy (non-hydrogen) atoms. The highest BCUT2D eigenvalue weighted by molar-refractivity contribution is 6.23. The van der Waals surface area contributed by atoms with Crippen molar-refractivity contribution in [1.82, 2.24) is 14.7 Å². The number of likely N-dealkylation sites (tertiary alicyclic amines) is 1. The van der Waals surface area contributed by atoms with Crippen LogP contribution in [0.3, 0.4) is 0 Å². The van der Waals surface area contributed by atoms with Gasteiger partial charge in [-0.15, -0.1) is 0 Å². The molecule has 3 rings (SSSR count). The quantitative estimate of drug-likeness (QED) is 0.659. The first-order chi connectivity index (χ1) is 11.9. The van der Waals surface area contributed by atoms with E-state index < -0.39 is 6.04 Å². The minimum atomic E-state index is -0.528. The number of carbonyl (C=O) groups excluding carboxylic acids is 2. The van der Waals surface area contributed by atoms with Crippen LogP contribution in [-0.4, -0.2) is 103 Å². The van der Waals surface area contributed by atoms with Crippen LogP contribution < -0.4 is 0 Å². The molecule has 3 amide bonds. The van der Waals surface area contributed by atoms with Gasteiger partial charge in [0.05, 0.1) is 6.61 Å². The molecule has 0 aromatic rings. The molecule has 3 heterocycles. The van der Waals surface area contributed by atoms with Gasteiger partial charge in [-0.3, -0.25) is 19.5 Å². The molecule has 2 atom stereocenters. The minimum absolute atomic E-state index is 0.222. The van der Waals surface area contributed by atoms with Crippen LogP contribution in [0.2, 0.25) is 0 Å². The van der Waals surface area contributed by atoms with Gasteiger partial charge in [0.25, 0.3) is 17.8 Å². The van der Waals surface area contributed by atoms with Gasteiger partial charge in [0.2, 0.25) is 0 Å². The Kier molecular flexibility index (Phi) is 5.19. The van der Waals surface area contributed by atoms with Gasteiger partial charge in [-0.05, 0) is 30.3 Å². The van der Waals surface area contributed by atoms with Crippen molar-refractivity contribution in [1.29, 1.82) is 0 Å². The Hall–Kier alpha value is -1.80. The summed E-state index contributed by atoms with van der Waals surface area (Å²) in [6.45, 7) is 6.14. The van der Waals surface area contributed by atoms with Crippen LogP contribution in [0, 0.1) is 5.92 Å². The van der Waals surface area contributed by atoms with Crippen molar-refractivity contribution in [3.8, 4) is 0 Å². The van der Waals surface area contributed by atoms with E-state index in [9.17, 15) is 9.59 Å². The van der Waals surface area contributed by atoms with Crippen molar-refractivity contribution in [3.63, 3.8) is 0 Å². The summed E-state index contributed by atoms with van der Waals surface area (Å²) in [7, 11) is 4.85. The van der Waals surface area contributed by atoms with Gasteiger partial charge in [0, 0.05) is 27.7 Å². The second-order valence-electron chi connectivity index (χ2n) is 7.20. The molecule has 8 heteroatoms. The second-order valence-corrected chi connectivity index (χ2v) is 7.20. The molecule has 138 valence electrons. The summed E-state index contributed by atoms with van der Waals surface area (Å²) in [6.07, 6.45) is 2.45. The van der Waals surface area contributed by atoms with Gasteiger partial charge in [-0.2, -0.15) is 0 Å². The number of amides is 3. The number of fused-ring (bicyclic) bond motifs is 1. The number of piperidine rings is 1. The summed E-state index contributed by atoms with van der Waals surface area (Å²) in [5.41, 5.74) is 0. The maximum Gasteiger partial charge on any atom is 0.333 e. The summed E-state index contributed by atoms with van der Waals surface area (Å²) in [5.74, 6) is 1.84. The number of urea groups is 1. The molecule has 8 nitrogen and oxygen atoms in total. The number of imide groups is 1. The predicted octanol–water partition coefficient (Wildman–Crippen LogP) is 0.0802. The van der Waals surface area contributed by atoms with Crippen molar-refractivity contribution in [2.24, 2.45) is 10.9 Å². The molecule has 3 aliphatic rings. The first-order valence-electron chi connectivity index (χ1n) is 8.91. The van der Waals surface area contributed by atoms with Crippen LogP contribution in [0.4, 0.5) is 4.79 Å². The molecular formula is C17H28N5O3+. The molecule has 2 unspecified atom stereocenters. The van der Waals surface area contributed by atoms with Crippen LogP contribution in [-0.2, 0) is 9.53 Å². The third-order valence-corrected chi connectivity index (χ3v) is 5.26. The highest BCUT2D eigenvalue weighted by Gasteiger charge is 2.52. The normalized spacial score (nSPS) is 27.9. The Labute approximate surface area is 148 Å². The molecule has 0 aliphatic carbocycles. The van der Waals surface area contributed by atoms with Crippen molar-refractivity contribution in [3.05, 3.63) is 0 Å². The minimum Gasteiger partial charge on any atom is -0.381 e. The summed E-state index contributed by atoms with van der Waals surface area (Å²) < 4.78 is 7.22. The van der Waals surface area contributed by atoms with Crippen LogP contribution >= 0.6 is 0 Å². The monoisotopic (exact) mass is 350 g/mol. The van der Waals surface area contributed by atoms with E-state index in [1.54, 1.807) is 14.2 Å². The molecule has 0 radical (unpaired) electrons. The number of amidine groups is 2. The molecular weight excluding hydrogens is 322 g/mol. The first-order valence-corrected chi connectivity index (χ1v) is 8.91. The second kappa shape index (κ2) is 7.21. The number of hydrogen-bond acceptors (Lipinski definition) is 5. The number of rotatable bonds is 5. The molecule has 0 saturated carbocycles. The van der Waals surface area contributed by atoms with Crippen molar-refractivity contribution in [2.75, 3.05) is 54.0 Å². The predicted molar refractivity (Wildman–Crippen MR) is 94.0 cm³/mol. The molecule has 0 spiro atoms. The van der Waals surface area contributed by atoms with Crippen molar-refractivity contribution in [2.45, 2.75) is 25.8 Å². The highest BCUT2D eigenvalue weighted by atomic mass is 16.5. The maximum atomic E-state index is 12.7. The molecule has 2 saturated heterocycles. The third kappa shape index (κ3) is 3.32. The van der Waals surface area contributed by atoms with Crippen LogP contribution in [0.5, 0.6) is 0 Å². The Morgan fingerprint density at radius 2 is 2.04 bits per heavy atom. The van der Waals surface area contributed by atoms with Gasteiger partial charge in [0.1, 0.15) is 13.1 Å². The topological polar surface area (TPSA) is 68.5 Å². The molecule has 0 bridgehead atoms. The van der Waals surface area contributed by atoms with E-state index in [1.165, 1.54) is 29.7 Å². The van der Waals surface area contributed by atoms with Crippen molar-refractivity contribution >= 4 is 23.6 Å². The van der Waals surface area contributed by atoms with E-state index >= 15 is 0 Å². The Morgan fingerprint density at radius 3 is 2.72 bits per heavy atom. The Balaban J connectivity index is 1.89. The zero-order chi connectivity index (χ0) is 18.1. The fraction of sp³-hybridized carbons (Fsp3) is 0.765. The fourth-order valence-electron chi connectivity index (χ4n) is 3.85. The Morgan fingerprint density at radius 1 is 1.28 bits per heavy atom. The van der Waals surface area contributed by atoms with E-state index in [1.807, 2.05) is 4.58 Å². The number of aliphatic imine (C=N–C) groups is 1. The summed E-state index contributed by atoms with van der Waals surface area (Å²) in [6, 6.07) is -0.861. The van der Waals surface area contributed by atoms with E-state index in [0.29, 0.717) is 31.4 Å². The standard InChI is InChI=1S/C17H28N5O3/c1-12-6-5-7-21(10-12)11-13-18-15-14(22(13)8-9-25-4)16(23)20(3)17(24)19(15)2/h12,14H,5-11H2,1-4H3/q+1. The number of ether oxygens (including phenoxy) is 1. The lowest BCUT2D eigenvalue weighted by Gasteiger charge is -2.31. The van der Waals surface area contributed by atoms with Crippen LogP contribution in [0.15, 0.2) is 4.99 Å². The first kappa shape index (κ1) is 18.0. The number of carbonyl (C=O) groups is 2. The molecule has 0 aromatic heterocycles. The molecule has 0 aromatic carbocycles. The number of hydrogen-bond donors (Lipinski definition) is 0. The number of methoxy groups -OCH3 is 1. The van der Waals surface area contributed by atoms with E-state index in [4.69, 9.17) is 9.73 Å². The van der Waals surface area contributed by atoms with Crippen LogP contribution in [0.1, 0.15) is 19.8 Å². The lowest BCUT2D eigenvalue weighted by Crippen LogP contribution is -2.61. The average Bonchev–Trinajstić information content (AvgIpc) is 2.94. The zero-order valence-electron chi connectivity index (χ0n) is 15.6.